The zero-order valence-corrected chi connectivity index (χ0v) is 10.8. The van der Waals surface area contributed by atoms with Crippen LogP contribution >= 0.6 is 0 Å². The lowest BCUT2D eigenvalue weighted by Crippen LogP contribution is -2.53. The number of nitrogens with zero attached hydrogens (tertiary/aromatic N) is 1. The van der Waals surface area contributed by atoms with Crippen LogP contribution in [-0.2, 0) is 0 Å². The number of aryl methyl sites for hydroxylation is 1. The zero-order valence-electron chi connectivity index (χ0n) is 10.8. The quantitative estimate of drug-likeness (QED) is 0.851. The van der Waals surface area contributed by atoms with Gasteiger partial charge in [0.1, 0.15) is 0 Å². The number of hydrogen-bond acceptors (Lipinski definition) is 3. The first-order valence-electron chi connectivity index (χ1n) is 6.41. The minimum atomic E-state index is -0.583. The molecule has 1 heterocycles. The summed E-state index contributed by atoms with van der Waals surface area (Å²) in [6, 6.07) is 10.3. The highest BCUT2D eigenvalue weighted by molar-refractivity contribution is 5.91. The largest absolute Gasteiger partial charge is 0.388 e. The van der Waals surface area contributed by atoms with Crippen LogP contribution in [0.4, 0.5) is 5.69 Å². The Labute approximate surface area is 107 Å². The van der Waals surface area contributed by atoms with Crippen LogP contribution in [0, 0.1) is 6.92 Å². The van der Waals surface area contributed by atoms with Crippen molar-refractivity contribution in [3.63, 3.8) is 0 Å². The first kappa shape index (κ1) is 11.5. The lowest BCUT2D eigenvalue weighted by atomic mass is 9.76. The van der Waals surface area contributed by atoms with Gasteiger partial charge >= 0.3 is 0 Å². The predicted molar refractivity (Wildman–Crippen MR) is 73.7 cm³/mol. The maximum Gasteiger partial charge on any atom is 0.0820 e. The molecule has 1 saturated carbocycles. The first-order chi connectivity index (χ1) is 8.56. The minimum Gasteiger partial charge on any atom is -0.388 e. The summed E-state index contributed by atoms with van der Waals surface area (Å²) in [7, 11) is 0. The van der Waals surface area contributed by atoms with Crippen LogP contribution in [0.2, 0.25) is 0 Å². The Balaban J connectivity index is 1.97. The Kier molecular flexibility index (Phi) is 2.52. The van der Waals surface area contributed by atoms with E-state index in [1.165, 1.54) is 0 Å². The molecule has 3 nitrogen and oxygen atoms in total. The molecule has 0 spiro atoms. The van der Waals surface area contributed by atoms with Gasteiger partial charge in [0.25, 0.3) is 0 Å². The Bertz CT molecular complexity index is 592. The molecule has 2 aromatic rings. The summed E-state index contributed by atoms with van der Waals surface area (Å²) in [4.78, 5) is 4.52. The standard InChI is InChI=1S/C15H18N2O/c1-10-6-7-11-12(16-10)4-3-5-13(11)17-14-8-9-15(14,2)18/h3-7,14,17-18H,8-9H2,1-2H3/t14-,15-/m0/s1. The second-order valence-corrected chi connectivity index (χ2v) is 5.42. The number of anilines is 1. The van der Waals surface area contributed by atoms with Crippen molar-refractivity contribution < 1.29 is 5.11 Å². The molecular formula is C15H18N2O. The van der Waals surface area contributed by atoms with Crippen molar-refractivity contribution in [2.24, 2.45) is 0 Å². The van der Waals surface area contributed by atoms with Gasteiger partial charge in [-0.05, 0) is 51.0 Å². The summed E-state index contributed by atoms with van der Waals surface area (Å²) in [5.41, 5.74) is 2.50. The van der Waals surface area contributed by atoms with Crippen molar-refractivity contribution in [1.82, 2.24) is 4.98 Å². The fraction of sp³-hybridized carbons (Fsp3) is 0.400. The summed E-state index contributed by atoms with van der Waals surface area (Å²) < 4.78 is 0. The van der Waals surface area contributed by atoms with E-state index in [9.17, 15) is 5.11 Å². The number of benzene rings is 1. The van der Waals surface area contributed by atoms with Gasteiger partial charge in [-0.15, -0.1) is 0 Å². The van der Waals surface area contributed by atoms with Gasteiger partial charge in [-0.25, -0.2) is 0 Å². The topological polar surface area (TPSA) is 45.1 Å². The lowest BCUT2D eigenvalue weighted by molar-refractivity contribution is -0.0285. The van der Waals surface area contributed by atoms with Crippen molar-refractivity contribution in [2.45, 2.75) is 38.3 Å². The second-order valence-electron chi connectivity index (χ2n) is 5.42. The maximum absolute atomic E-state index is 10.1. The van der Waals surface area contributed by atoms with Gasteiger partial charge < -0.3 is 10.4 Å². The van der Waals surface area contributed by atoms with Crippen molar-refractivity contribution >= 4 is 16.6 Å². The summed E-state index contributed by atoms with van der Waals surface area (Å²) >= 11 is 0. The smallest absolute Gasteiger partial charge is 0.0820 e. The molecule has 0 bridgehead atoms. The van der Waals surface area contributed by atoms with E-state index < -0.39 is 5.60 Å². The second kappa shape index (κ2) is 3.95. The van der Waals surface area contributed by atoms with E-state index in [2.05, 4.69) is 16.4 Å². The van der Waals surface area contributed by atoms with Gasteiger partial charge in [-0.1, -0.05) is 6.07 Å². The SMILES string of the molecule is Cc1ccc2c(N[C@H]3CC[C@]3(C)O)cccc2n1. The van der Waals surface area contributed by atoms with Gasteiger partial charge in [0.15, 0.2) is 0 Å². The molecule has 18 heavy (non-hydrogen) atoms. The Hall–Kier alpha value is -1.61. The third-order valence-corrected chi connectivity index (χ3v) is 3.89. The summed E-state index contributed by atoms with van der Waals surface area (Å²) in [5, 5.41) is 14.6. The molecule has 0 radical (unpaired) electrons. The van der Waals surface area contributed by atoms with Crippen LogP contribution in [0.5, 0.6) is 0 Å². The van der Waals surface area contributed by atoms with Gasteiger partial charge in [-0.3, -0.25) is 4.98 Å². The number of fused-ring (bicyclic) bond motifs is 1. The molecule has 2 atom stereocenters. The highest BCUT2D eigenvalue weighted by atomic mass is 16.3. The van der Waals surface area contributed by atoms with Crippen molar-refractivity contribution in [1.29, 1.82) is 0 Å². The van der Waals surface area contributed by atoms with Crippen molar-refractivity contribution in [2.75, 3.05) is 5.32 Å². The average Bonchev–Trinajstić information content (AvgIpc) is 2.34. The number of rotatable bonds is 2. The van der Waals surface area contributed by atoms with Crippen LogP contribution in [0.1, 0.15) is 25.5 Å². The molecule has 2 N–H and O–H groups in total. The third-order valence-electron chi connectivity index (χ3n) is 3.89. The average molecular weight is 242 g/mol. The fourth-order valence-corrected chi connectivity index (χ4v) is 2.50. The molecule has 0 saturated heterocycles. The molecule has 0 aliphatic heterocycles. The van der Waals surface area contributed by atoms with E-state index in [0.29, 0.717) is 0 Å². The molecule has 94 valence electrons. The lowest BCUT2D eigenvalue weighted by Gasteiger charge is -2.43. The maximum atomic E-state index is 10.1. The molecule has 1 aliphatic rings. The zero-order chi connectivity index (χ0) is 12.8. The van der Waals surface area contributed by atoms with Crippen LogP contribution < -0.4 is 5.32 Å². The molecule has 3 heteroatoms. The molecule has 1 aromatic heterocycles. The first-order valence-corrected chi connectivity index (χ1v) is 6.41. The monoisotopic (exact) mass is 242 g/mol. The molecule has 0 amide bonds. The number of aliphatic hydroxyl groups is 1. The normalized spacial score (nSPS) is 26.9. The summed E-state index contributed by atoms with van der Waals surface area (Å²) in [6.07, 6.45) is 1.88. The highest BCUT2D eigenvalue weighted by Crippen LogP contribution is 2.35. The number of aromatic nitrogens is 1. The van der Waals surface area contributed by atoms with Crippen molar-refractivity contribution in [3.05, 3.63) is 36.0 Å². The molecule has 1 aliphatic carbocycles. The number of hydrogen-bond donors (Lipinski definition) is 2. The molecule has 1 aromatic carbocycles. The van der Waals surface area contributed by atoms with Crippen LogP contribution in [0.3, 0.4) is 0 Å². The van der Waals surface area contributed by atoms with Gasteiger partial charge in [0.2, 0.25) is 0 Å². The summed E-state index contributed by atoms with van der Waals surface area (Å²) in [5.74, 6) is 0. The minimum absolute atomic E-state index is 0.143. The van der Waals surface area contributed by atoms with Crippen LogP contribution in [0.25, 0.3) is 10.9 Å². The van der Waals surface area contributed by atoms with Gasteiger partial charge in [-0.2, -0.15) is 0 Å². The predicted octanol–water partition coefficient (Wildman–Crippen LogP) is 2.87. The van der Waals surface area contributed by atoms with Crippen molar-refractivity contribution in [3.8, 4) is 0 Å². The molecular weight excluding hydrogens is 224 g/mol. The fourth-order valence-electron chi connectivity index (χ4n) is 2.50. The third kappa shape index (κ3) is 1.85. The number of nitrogens with one attached hydrogen (secondary N) is 1. The van der Waals surface area contributed by atoms with Gasteiger partial charge in [0.05, 0.1) is 17.2 Å². The van der Waals surface area contributed by atoms with Crippen LogP contribution in [-0.4, -0.2) is 21.7 Å². The summed E-state index contributed by atoms with van der Waals surface area (Å²) in [6.45, 7) is 3.89. The van der Waals surface area contributed by atoms with E-state index in [-0.39, 0.29) is 6.04 Å². The van der Waals surface area contributed by atoms with E-state index in [4.69, 9.17) is 0 Å². The van der Waals surface area contributed by atoms with Gasteiger partial charge in [0, 0.05) is 16.8 Å². The van der Waals surface area contributed by atoms with E-state index in [1.807, 2.05) is 38.1 Å². The Morgan fingerprint density at radius 2 is 2.17 bits per heavy atom. The van der Waals surface area contributed by atoms with E-state index in [0.717, 1.165) is 35.1 Å². The Morgan fingerprint density at radius 3 is 2.83 bits per heavy atom. The molecule has 0 unspecified atom stereocenters. The van der Waals surface area contributed by atoms with Crippen LogP contribution in [0.15, 0.2) is 30.3 Å². The van der Waals surface area contributed by atoms with E-state index in [1.54, 1.807) is 0 Å². The van der Waals surface area contributed by atoms with E-state index >= 15 is 0 Å². The number of pyridine rings is 1. The Morgan fingerprint density at radius 1 is 1.33 bits per heavy atom. The highest BCUT2D eigenvalue weighted by Gasteiger charge is 2.40. The molecule has 1 fully saturated rings. The molecule has 3 rings (SSSR count).